The van der Waals surface area contributed by atoms with Crippen molar-refractivity contribution < 1.29 is 4.42 Å². The standard InChI is InChI=1S/C59H34O/c1-3-17-38-35(15-1)31-48(42-21-7-5-19-40(38)42)37-29-30-46-53(33-37)59(51-26-12-9-23-44(51)45-24-10-13-27-52(45)59)54-34-50(56-47-25-11-14-28-55(47)60-58(56)57(46)54)49-32-36-16-2-4-18-39(36)41-20-6-8-22-43(41)49/h1-34H. The van der Waals surface area contributed by atoms with E-state index in [1.807, 2.05) is 0 Å². The highest BCUT2D eigenvalue weighted by Gasteiger charge is 2.53. The first-order valence-electron chi connectivity index (χ1n) is 20.9. The lowest BCUT2D eigenvalue weighted by Gasteiger charge is -2.31. The Morgan fingerprint density at radius 1 is 0.300 bits per heavy atom. The maximum absolute atomic E-state index is 7.21. The molecule has 0 N–H and O–H groups in total. The fraction of sp³-hybridized carbons (Fsp3) is 0.0169. The summed E-state index contributed by atoms with van der Waals surface area (Å²) in [5.74, 6) is 0. The molecule has 12 aromatic rings. The van der Waals surface area contributed by atoms with Crippen LogP contribution in [0.3, 0.4) is 0 Å². The maximum Gasteiger partial charge on any atom is 0.144 e. The minimum atomic E-state index is -0.588. The van der Waals surface area contributed by atoms with E-state index in [-0.39, 0.29) is 0 Å². The molecule has 0 fully saturated rings. The molecule has 0 unspecified atom stereocenters. The molecule has 11 aromatic carbocycles. The first-order chi connectivity index (χ1) is 29.8. The third-order valence-electron chi connectivity index (χ3n) is 13.8. The Hall–Kier alpha value is -7.74. The maximum atomic E-state index is 7.21. The topological polar surface area (TPSA) is 13.1 Å². The number of benzene rings is 11. The highest BCUT2D eigenvalue weighted by atomic mass is 16.3. The van der Waals surface area contributed by atoms with Crippen molar-refractivity contribution in [1.82, 2.24) is 0 Å². The summed E-state index contributed by atoms with van der Waals surface area (Å²) >= 11 is 0. The van der Waals surface area contributed by atoms with Crippen molar-refractivity contribution in [3.05, 3.63) is 229 Å². The quantitative estimate of drug-likeness (QED) is 0.160. The number of rotatable bonds is 2. The molecule has 2 aliphatic rings. The van der Waals surface area contributed by atoms with Crippen LogP contribution in [0.1, 0.15) is 22.3 Å². The van der Waals surface area contributed by atoms with Gasteiger partial charge >= 0.3 is 0 Å². The summed E-state index contributed by atoms with van der Waals surface area (Å²) in [5.41, 5.74) is 16.3. The van der Waals surface area contributed by atoms with E-state index in [1.165, 1.54) is 110 Å². The predicted octanol–water partition coefficient (Wildman–Crippen LogP) is 15.9. The van der Waals surface area contributed by atoms with Gasteiger partial charge in [0.1, 0.15) is 11.2 Å². The van der Waals surface area contributed by atoms with E-state index in [0.717, 1.165) is 21.9 Å². The third-order valence-corrected chi connectivity index (χ3v) is 13.8. The SMILES string of the molecule is c1ccc2c(c1)-c1ccccc1C21c2cc(-c3cc4ccccc4c4ccccc34)ccc2-c2c1cc(-c1cc3ccccc3c3ccccc13)c1c2oc2ccccc21. The number of furan rings is 1. The van der Waals surface area contributed by atoms with Crippen LogP contribution in [-0.4, -0.2) is 0 Å². The third kappa shape index (κ3) is 4.02. The first kappa shape index (κ1) is 32.2. The van der Waals surface area contributed by atoms with Crippen molar-refractivity contribution in [1.29, 1.82) is 0 Å². The Kier molecular flexibility index (Phi) is 6.28. The van der Waals surface area contributed by atoms with E-state index in [9.17, 15) is 0 Å². The van der Waals surface area contributed by atoms with Crippen LogP contribution in [0.4, 0.5) is 0 Å². The minimum absolute atomic E-state index is 0.588. The molecule has 14 rings (SSSR count). The Morgan fingerprint density at radius 3 is 1.48 bits per heavy atom. The summed E-state index contributed by atoms with van der Waals surface area (Å²) in [6, 6.07) is 76.8. The second-order valence-electron chi connectivity index (χ2n) is 16.6. The molecule has 1 heteroatoms. The Morgan fingerprint density at radius 2 is 0.817 bits per heavy atom. The van der Waals surface area contributed by atoms with Gasteiger partial charge in [0.25, 0.3) is 0 Å². The predicted molar refractivity (Wildman–Crippen MR) is 251 cm³/mol. The molecule has 0 radical (unpaired) electrons. The van der Waals surface area contributed by atoms with E-state index in [1.54, 1.807) is 0 Å². The Balaban J connectivity index is 1.17. The van der Waals surface area contributed by atoms with Crippen LogP contribution in [0, 0.1) is 0 Å². The first-order valence-corrected chi connectivity index (χ1v) is 20.9. The highest BCUT2D eigenvalue weighted by molar-refractivity contribution is 6.23. The molecule has 276 valence electrons. The summed E-state index contributed by atoms with van der Waals surface area (Å²) in [7, 11) is 0. The summed E-state index contributed by atoms with van der Waals surface area (Å²) in [6.07, 6.45) is 0. The summed E-state index contributed by atoms with van der Waals surface area (Å²) in [5, 5.41) is 12.4. The lowest BCUT2D eigenvalue weighted by atomic mass is 9.69. The van der Waals surface area contributed by atoms with Crippen LogP contribution < -0.4 is 0 Å². The molecule has 1 spiro atoms. The lowest BCUT2D eigenvalue weighted by Crippen LogP contribution is -2.26. The van der Waals surface area contributed by atoms with Gasteiger partial charge in [-0.1, -0.05) is 176 Å². The second kappa shape index (κ2) is 11.7. The monoisotopic (exact) mass is 758 g/mol. The number of hydrogen-bond donors (Lipinski definition) is 0. The molecular weight excluding hydrogens is 725 g/mol. The second-order valence-corrected chi connectivity index (χ2v) is 16.6. The summed E-state index contributed by atoms with van der Waals surface area (Å²) < 4.78 is 7.21. The Labute approximate surface area is 346 Å². The van der Waals surface area contributed by atoms with Crippen LogP contribution in [0.25, 0.3) is 110 Å². The van der Waals surface area contributed by atoms with E-state index in [4.69, 9.17) is 4.42 Å². The van der Waals surface area contributed by atoms with Crippen LogP contribution in [-0.2, 0) is 5.41 Å². The average molecular weight is 759 g/mol. The molecule has 0 saturated heterocycles. The molecule has 0 aliphatic heterocycles. The normalized spacial score (nSPS) is 13.5. The summed E-state index contributed by atoms with van der Waals surface area (Å²) in [6.45, 7) is 0. The van der Waals surface area contributed by atoms with Crippen LogP contribution in [0.2, 0.25) is 0 Å². The van der Waals surface area contributed by atoms with E-state index < -0.39 is 5.41 Å². The molecule has 60 heavy (non-hydrogen) atoms. The van der Waals surface area contributed by atoms with Crippen LogP contribution in [0.5, 0.6) is 0 Å². The molecule has 2 aliphatic carbocycles. The van der Waals surface area contributed by atoms with Crippen molar-refractivity contribution in [2.45, 2.75) is 5.41 Å². The molecule has 1 heterocycles. The molecular formula is C59H34O. The fourth-order valence-corrected chi connectivity index (χ4v) is 11.4. The molecule has 0 amide bonds. The smallest absolute Gasteiger partial charge is 0.144 e. The van der Waals surface area contributed by atoms with Crippen molar-refractivity contribution in [2.75, 3.05) is 0 Å². The van der Waals surface area contributed by atoms with Crippen molar-refractivity contribution in [2.24, 2.45) is 0 Å². The van der Waals surface area contributed by atoms with Crippen LogP contribution in [0.15, 0.2) is 211 Å². The van der Waals surface area contributed by atoms with E-state index in [2.05, 4.69) is 206 Å². The van der Waals surface area contributed by atoms with Gasteiger partial charge in [0.2, 0.25) is 0 Å². The van der Waals surface area contributed by atoms with Crippen LogP contribution >= 0.6 is 0 Å². The molecule has 0 atom stereocenters. The van der Waals surface area contributed by atoms with Gasteiger partial charge in [0.15, 0.2) is 0 Å². The van der Waals surface area contributed by atoms with Crippen molar-refractivity contribution >= 4 is 65.0 Å². The number of fused-ring (bicyclic) bond motifs is 20. The molecule has 0 saturated carbocycles. The van der Waals surface area contributed by atoms with Gasteiger partial charge in [-0.05, 0) is 135 Å². The van der Waals surface area contributed by atoms with Crippen molar-refractivity contribution in [3.63, 3.8) is 0 Å². The van der Waals surface area contributed by atoms with Gasteiger partial charge in [0, 0.05) is 16.3 Å². The van der Waals surface area contributed by atoms with E-state index in [0.29, 0.717) is 0 Å². The van der Waals surface area contributed by atoms with E-state index >= 15 is 0 Å². The average Bonchev–Trinajstić information content (AvgIpc) is 3.95. The number of para-hydroxylation sites is 1. The zero-order valence-corrected chi connectivity index (χ0v) is 32.5. The van der Waals surface area contributed by atoms with Gasteiger partial charge in [-0.15, -0.1) is 0 Å². The summed E-state index contributed by atoms with van der Waals surface area (Å²) in [4.78, 5) is 0. The van der Waals surface area contributed by atoms with Gasteiger partial charge in [-0.25, -0.2) is 0 Å². The minimum Gasteiger partial charge on any atom is -0.455 e. The molecule has 0 bridgehead atoms. The van der Waals surface area contributed by atoms with Gasteiger partial charge < -0.3 is 4.42 Å². The molecule has 1 aromatic heterocycles. The van der Waals surface area contributed by atoms with Gasteiger partial charge in [-0.2, -0.15) is 0 Å². The highest BCUT2D eigenvalue weighted by Crippen LogP contribution is 2.65. The van der Waals surface area contributed by atoms with Crippen molar-refractivity contribution in [3.8, 4) is 44.5 Å². The molecule has 1 nitrogen and oxygen atoms in total. The van der Waals surface area contributed by atoms with Gasteiger partial charge in [-0.3, -0.25) is 0 Å². The zero-order chi connectivity index (χ0) is 39.1. The fourth-order valence-electron chi connectivity index (χ4n) is 11.4. The number of hydrogen-bond acceptors (Lipinski definition) is 1. The van der Waals surface area contributed by atoms with Gasteiger partial charge in [0.05, 0.1) is 5.41 Å². The largest absolute Gasteiger partial charge is 0.455 e. The lowest BCUT2D eigenvalue weighted by molar-refractivity contribution is 0.669. The Bertz CT molecular complexity index is 3800. The zero-order valence-electron chi connectivity index (χ0n) is 32.5.